The fraction of sp³-hybridized carbons (Fsp3) is 0.0833. The molecule has 0 bridgehead atoms. The molecule has 0 aliphatic carbocycles. The van der Waals surface area contributed by atoms with Gasteiger partial charge in [0.15, 0.2) is 0 Å². The van der Waals surface area contributed by atoms with E-state index in [-0.39, 0.29) is 16.6 Å². The molecule has 0 fully saturated rings. The molecule has 0 saturated heterocycles. The van der Waals surface area contributed by atoms with E-state index in [1.165, 1.54) is 7.11 Å². The summed E-state index contributed by atoms with van der Waals surface area (Å²) in [5, 5.41) is 5.15. The summed E-state index contributed by atoms with van der Waals surface area (Å²) in [6.45, 7) is 0. The molecular formula is C12H10N4O3. The van der Waals surface area contributed by atoms with Crippen LogP contribution in [0.25, 0.3) is 21.8 Å². The Morgan fingerprint density at radius 3 is 2.68 bits per heavy atom. The molecule has 3 rings (SSSR count). The van der Waals surface area contributed by atoms with Gasteiger partial charge in [-0.05, 0) is 12.1 Å². The fourth-order valence-electron chi connectivity index (χ4n) is 2.03. The molecule has 2 heterocycles. The summed E-state index contributed by atoms with van der Waals surface area (Å²) in [6, 6.07) is 5.08. The molecule has 0 atom stereocenters. The van der Waals surface area contributed by atoms with Crippen molar-refractivity contribution in [1.29, 1.82) is 0 Å². The Balaban J connectivity index is 2.59. The zero-order valence-electron chi connectivity index (χ0n) is 9.98. The molecule has 4 N–H and O–H groups in total. The zero-order valence-corrected chi connectivity index (χ0v) is 9.98. The molecule has 19 heavy (non-hydrogen) atoms. The van der Waals surface area contributed by atoms with Crippen LogP contribution in [0.2, 0.25) is 0 Å². The van der Waals surface area contributed by atoms with Crippen molar-refractivity contribution in [1.82, 2.24) is 15.2 Å². The van der Waals surface area contributed by atoms with Gasteiger partial charge in [-0.15, -0.1) is 0 Å². The average Bonchev–Trinajstić information content (AvgIpc) is 2.42. The first-order valence-corrected chi connectivity index (χ1v) is 5.49. The number of nitrogens with zero attached hydrogens (tertiary/aromatic N) is 1. The van der Waals surface area contributed by atoms with Crippen molar-refractivity contribution < 1.29 is 4.74 Å². The molecule has 1 aromatic carbocycles. The normalized spacial score (nSPS) is 11.0. The number of anilines is 1. The van der Waals surface area contributed by atoms with Crippen LogP contribution >= 0.6 is 0 Å². The molecule has 2 aromatic heterocycles. The molecule has 0 spiro atoms. The Kier molecular flexibility index (Phi) is 2.28. The van der Waals surface area contributed by atoms with Crippen LogP contribution in [-0.4, -0.2) is 22.3 Å². The van der Waals surface area contributed by atoms with Gasteiger partial charge in [0.1, 0.15) is 11.3 Å². The number of pyridine rings is 1. The van der Waals surface area contributed by atoms with Gasteiger partial charge in [-0.25, -0.2) is 4.98 Å². The number of fused-ring (bicyclic) bond motifs is 2. The van der Waals surface area contributed by atoms with Gasteiger partial charge in [-0.1, -0.05) is 0 Å². The number of rotatable bonds is 1. The maximum absolute atomic E-state index is 11.7. The maximum atomic E-state index is 11.7. The van der Waals surface area contributed by atoms with E-state index in [0.29, 0.717) is 16.7 Å². The third-order valence-electron chi connectivity index (χ3n) is 2.97. The topological polar surface area (TPSA) is 114 Å². The quantitative estimate of drug-likeness (QED) is 0.545. The van der Waals surface area contributed by atoms with Gasteiger partial charge < -0.3 is 10.5 Å². The van der Waals surface area contributed by atoms with Crippen molar-refractivity contribution in [2.75, 3.05) is 12.8 Å². The minimum atomic E-state index is -0.494. The van der Waals surface area contributed by atoms with Crippen LogP contribution in [0.3, 0.4) is 0 Å². The molecule has 0 radical (unpaired) electrons. The van der Waals surface area contributed by atoms with E-state index in [2.05, 4.69) is 15.2 Å². The smallest absolute Gasteiger partial charge is 0.289 e. The standard InChI is InChI=1S/C12H10N4O3/c1-19-5-2-3-6-7(4-5)14-10-8(9(6)13)11(17)15-16-12(10)18/h2-4H,1H3,(H2,13,14)(H,15,17)(H,16,18). The van der Waals surface area contributed by atoms with Gasteiger partial charge in [0, 0.05) is 11.5 Å². The van der Waals surface area contributed by atoms with Gasteiger partial charge in [0.25, 0.3) is 11.1 Å². The van der Waals surface area contributed by atoms with Crippen molar-refractivity contribution in [2.24, 2.45) is 0 Å². The summed E-state index contributed by atoms with van der Waals surface area (Å²) in [6.07, 6.45) is 0. The summed E-state index contributed by atoms with van der Waals surface area (Å²) in [4.78, 5) is 27.6. The van der Waals surface area contributed by atoms with Crippen molar-refractivity contribution in [3.8, 4) is 5.75 Å². The third kappa shape index (κ3) is 1.55. The van der Waals surface area contributed by atoms with E-state index in [0.717, 1.165) is 0 Å². The molecule has 7 heteroatoms. The summed E-state index contributed by atoms with van der Waals surface area (Å²) in [7, 11) is 1.53. The predicted octanol–water partition coefficient (Wildman–Crippen LogP) is 0.355. The number of hydrogen-bond acceptors (Lipinski definition) is 5. The lowest BCUT2D eigenvalue weighted by molar-refractivity contribution is 0.415. The number of nitrogens with one attached hydrogen (secondary N) is 2. The minimum Gasteiger partial charge on any atom is -0.497 e. The lowest BCUT2D eigenvalue weighted by Gasteiger charge is -2.06. The fourth-order valence-corrected chi connectivity index (χ4v) is 2.03. The monoisotopic (exact) mass is 258 g/mol. The first kappa shape index (κ1) is 11.3. The average molecular weight is 258 g/mol. The van der Waals surface area contributed by atoms with Crippen molar-refractivity contribution in [2.45, 2.75) is 0 Å². The Morgan fingerprint density at radius 2 is 1.95 bits per heavy atom. The SMILES string of the molecule is COc1ccc2c(N)c3c(=O)[nH][nH]c(=O)c3nc2c1. The Labute approximate surface area is 106 Å². The number of benzene rings is 1. The highest BCUT2D eigenvalue weighted by molar-refractivity contribution is 6.05. The van der Waals surface area contributed by atoms with Gasteiger partial charge in [0.2, 0.25) is 0 Å². The van der Waals surface area contributed by atoms with Gasteiger partial charge in [-0.3, -0.25) is 19.8 Å². The highest BCUT2D eigenvalue weighted by Crippen LogP contribution is 2.27. The van der Waals surface area contributed by atoms with E-state index >= 15 is 0 Å². The highest BCUT2D eigenvalue weighted by Gasteiger charge is 2.12. The number of nitrogens with two attached hydrogens (primary N) is 1. The highest BCUT2D eigenvalue weighted by atomic mass is 16.5. The van der Waals surface area contributed by atoms with Crippen LogP contribution in [0.1, 0.15) is 0 Å². The molecule has 0 aliphatic heterocycles. The molecule has 7 nitrogen and oxygen atoms in total. The van der Waals surface area contributed by atoms with E-state index in [9.17, 15) is 9.59 Å². The second kappa shape index (κ2) is 3.84. The number of H-pyrrole nitrogens is 2. The molecule has 0 aliphatic rings. The number of aromatic amines is 2. The summed E-state index contributed by atoms with van der Waals surface area (Å²) < 4.78 is 5.09. The molecule has 3 aromatic rings. The molecular weight excluding hydrogens is 248 g/mol. The molecule has 0 saturated carbocycles. The first-order valence-electron chi connectivity index (χ1n) is 5.49. The number of nitrogen functional groups attached to an aromatic ring is 1. The lowest BCUT2D eigenvalue weighted by atomic mass is 10.1. The van der Waals surface area contributed by atoms with Gasteiger partial charge in [-0.2, -0.15) is 0 Å². The van der Waals surface area contributed by atoms with Crippen LogP contribution in [0.4, 0.5) is 5.69 Å². The minimum absolute atomic E-state index is 0.0157. The first-order chi connectivity index (χ1) is 9.11. The summed E-state index contributed by atoms with van der Waals surface area (Å²) in [5.41, 5.74) is 5.74. The van der Waals surface area contributed by atoms with Crippen molar-refractivity contribution in [3.63, 3.8) is 0 Å². The Hall–Kier alpha value is -2.83. The third-order valence-corrected chi connectivity index (χ3v) is 2.97. The van der Waals surface area contributed by atoms with E-state index in [1.54, 1.807) is 18.2 Å². The molecule has 0 unspecified atom stereocenters. The summed E-state index contributed by atoms with van der Waals surface area (Å²) in [5.74, 6) is 0.597. The molecule has 0 amide bonds. The predicted molar refractivity (Wildman–Crippen MR) is 71.5 cm³/mol. The Morgan fingerprint density at radius 1 is 1.21 bits per heavy atom. The van der Waals surface area contributed by atoms with E-state index in [4.69, 9.17) is 10.5 Å². The van der Waals surface area contributed by atoms with Crippen molar-refractivity contribution in [3.05, 3.63) is 38.9 Å². The van der Waals surface area contributed by atoms with Crippen LogP contribution in [0.5, 0.6) is 5.75 Å². The number of ether oxygens (including phenoxy) is 1. The van der Waals surface area contributed by atoms with Crippen molar-refractivity contribution >= 4 is 27.5 Å². The number of methoxy groups -OCH3 is 1. The Bertz CT molecular complexity index is 910. The van der Waals surface area contributed by atoms with Crippen LogP contribution in [0, 0.1) is 0 Å². The second-order valence-electron chi connectivity index (χ2n) is 4.04. The number of aromatic nitrogens is 3. The summed E-state index contributed by atoms with van der Waals surface area (Å²) >= 11 is 0. The van der Waals surface area contributed by atoms with Gasteiger partial charge in [0.05, 0.1) is 23.7 Å². The van der Waals surface area contributed by atoms with Crippen LogP contribution in [-0.2, 0) is 0 Å². The van der Waals surface area contributed by atoms with Crippen LogP contribution in [0.15, 0.2) is 27.8 Å². The van der Waals surface area contributed by atoms with Gasteiger partial charge >= 0.3 is 0 Å². The largest absolute Gasteiger partial charge is 0.497 e. The van der Waals surface area contributed by atoms with Crippen LogP contribution < -0.4 is 21.6 Å². The zero-order chi connectivity index (χ0) is 13.6. The maximum Gasteiger partial charge on any atom is 0.289 e. The van der Waals surface area contributed by atoms with E-state index in [1.807, 2.05) is 0 Å². The van der Waals surface area contributed by atoms with E-state index < -0.39 is 11.1 Å². The second-order valence-corrected chi connectivity index (χ2v) is 4.04. The lowest BCUT2D eigenvalue weighted by Crippen LogP contribution is -2.21. The number of hydrogen-bond donors (Lipinski definition) is 3. The molecule has 96 valence electrons.